The van der Waals surface area contributed by atoms with Gasteiger partial charge < -0.3 is 0 Å². The van der Waals surface area contributed by atoms with E-state index in [-0.39, 0.29) is 0 Å². The lowest BCUT2D eigenvalue weighted by Crippen LogP contribution is -2.03. The molecule has 1 aromatic rings. The molecular weight excluding hydrogens is 202 g/mol. The zero-order chi connectivity index (χ0) is 9.68. The molecule has 1 aromatic heterocycles. The maximum atomic E-state index is 4.29. The highest BCUT2D eigenvalue weighted by molar-refractivity contribution is 7.99. The summed E-state index contributed by atoms with van der Waals surface area (Å²) in [5.74, 6) is 3.53. The summed E-state index contributed by atoms with van der Waals surface area (Å²) in [4.78, 5) is 4.22. The van der Waals surface area contributed by atoms with Gasteiger partial charge in [0.1, 0.15) is 5.82 Å². The van der Waals surface area contributed by atoms with Gasteiger partial charge in [-0.05, 0) is 18.6 Å². The fourth-order valence-corrected chi connectivity index (χ4v) is 2.49. The van der Waals surface area contributed by atoms with Crippen LogP contribution >= 0.6 is 24.4 Å². The number of aryl methyl sites for hydroxylation is 1. The minimum atomic E-state index is 0.659. The molecule has 0 saturated carbocycles. The van der Waals surface area contributed by atoms with E-state index in [1.807, 2.05) is 6.92 Å². The number of thiol groups is 1. The van der Waals surface area contributed by atoms with Crippen LogP contribution in [0.25, 0.3) is 0 Å². The Morgan fingerprint density at radius 3 is 2.85 bits per heavy atom. The van der Waals surface area contributed by atoms with E-state index in [4.69, 9.17) is 0 Å². The van der Waals surface area contributed by atoms with Gasteiger partial charge in [0.15, 0.2) is 0 Å². The summed E-state index contributed by atoms with van der Waals surface area (Å²) in [6.45, 7) is 4.09. The minimum absolute atomic E-state index is 0.659. The molecule has 1 atom stereocenters. The highest BCUT2D eigenvalue weighted by atomic mass is 32.2. The number of aromatic nitrogens is 3. The lowest BCUT2D eigenvalue weighted by molar-refractivity contribution is 0.648. The predicted octanol–water partition coefficient (Wildman–Crippen LogP) is 2.16. The van der Waals surface area contributed by atoms with Crippen molar-refractivity contribution in [3.8, 4) is 0 Å². The third-order valence-corrected chi connectivity index (χ3v) is 3.46. The Kier molecular flexibility index (Phi) is 4.66. The maximum Gasteiger partial charge on any atom is 0.208 e. The summed E-state index contributed by atoms with van der Waals surface area (Å²) in [5.41, 5.74) is 0. The summed E-state index contributed by atoms with van der Waals surface area (Å²) in [7, 11) is 0. The molecule has 1 heterocycles. The van der Waals surface area contributed by atoms with E-state index < -0.39 is 0 Å². The van der Waals surface area contributed by atoms with Crippen LogP contribution in [0.5, 0.6) is 0 Å². The number of nitrogens with zero attached hydrogens (tertiary/aromatic N) is 2. The highest BCUT2D eigenvalue weighted by Crippen LogP contribution is 2.18. The average molecular weight is 217 g/mol. The second-order valence-corrected chi connectivity index (χ2v) is 4.32. The second kappa shape index (κ2) is 5.54. The molecule has 0 aliphatic heterocycles. The van der Waals surface area contributed by atoms with Gasteiger partial charge in [0.2, 0.25) is 5.16 Å². The fourth-order valence-electron chi connectivity index (χ4n) is 0.879. The summed E-state index contributed by atoms with van der Waals surface area (Å²) < 4.78 is 0. The standard InChI is InChI=1S/C8H15N3S2/c1-3-7(4-12)5-13-8-9-6(2)10-11-8/h7,12H,3-5H2,1-2H3,(H,9,10,11). The molecule has 5 heteroatoms. The molecule has 0 spiro atoms. The smallest absolute Gasteiger partial charge is 0.208 e. The summed E-state index contributed by atoms with van der Waals surface area (Å²) in [5, 5.41) is 7.73. The molecule has 0 bridgehead atoms. The van der Waals surface area contributed by atoms with Crippen LogP contribution in [0.3, 0.4) is 0 Å². The first kappa shape index (κ1) is 10.9. The molecule has 1 unspecified atom stereocenters. The molecule has 0 radical (unpaired) electrons. The van der Waals surface area contributed by atoms with Gasteiger partial charge in [-0.2, -0.15) is 12.6 Å². The van der Waals surface area contributed by atoms with Gasteiger partial charge in [0, 0.05) is 5.75 Å². The number of thioether (sulfide) groups is 1. The van der Waals surface area contributed by atoms with Crippen LogP contribution in [0.4, 0.5) is 0 Å². The fraction of sp³-hybridized carbons (Fsp3) is 0.750. The van der Waals surface area contributed by atoms with E-state index in [0.717, 1.165) is 22.5 Å². The molecule has 1 N–H and O–H groups in total. The molecule has 3 nitrogen and oxygen atoms in total. The van der Waals surface area contributed by atoms with E-state index in [9.17, 15) is 0 Å². The van der Waals surface area contributed by atoms with Crippen LogP contribution in [0.1, 0.15) is 19.2 Å². The van der Waals surface area contributed by atoms with Crippen LogP contribution < -0.4 is 0 Å². The first-order chi connectivity index (χ1) is 6.26. The van der Waals surface area contributed by atoms with Crippen LogP contribution in [-0.4, -0.2) is 26.7 Å². The van der Waals surface area contributed by atoms with Gasteiger partial charge >= 0.3 is 0 Å². The van der Waals surface area contributed by atoms with E-state index in [1.54, 1.807) is 11.8 Å². The van der Waals surface area contributed by atoms with Crippen molar-refractivity contribution in [1.82, 2.24) is 15.2 Å². The molecular formula is C8H15N3S2. The molecule has 1 rings (SSSR count). The van der Waals surface area contributed by atoms with Gasteiger partial charge in [-0.25, -0.2) is 4.98 Å². The molecule has 0 saturated heterocycles. The topological polar surface area (TPSA) is 41.6 Å². The second-order valence-electron chi connectivity index (χ2n) is 2.97. The van der Waals surface area contributed by atoms with Crippen molar-refractivity contribution in [3.63, 3.8) is 0 Å². The van der Waals surface area contributed by atoms with Crippen LogP contribution in [-0.2, 0) is 0 Å². The normalized spacial score (nSPS) is 13.2. The number of aromatic amines is 1. The lowest BCUT2D eigenvalue weighted by atomic mass is 10.2. The largest absolute Gasteiger partial charge is 0.262 e. The first-order valence-electron chi connectivity index (χ1n) is 4.39. The van der Waals surface area contributed by atoms with E-state index in [0.29, 0.717) is 5.92 Å². The zero-order valence-corrected chi connectivity index (χ0v) is 9.66. The van der Waals surface area contributed by atoms with E-state index in [1.165, 1.54) is 6.42 Å². The Labute approximate surface area is 88.5 Å². The van der Waals surface area contributed by atoms with Crippen LogP contribution in [0.2, 0.25) is 0 Å². The van der Waals surface area contributed by atoms with Gasteiger partial charge in [-0.15, -0.1) is 5.10 Å². The Hall–Kier alpha value is -0.160. The maximum absolute atomic E-state index is 4.29. The molecule has 0 aromatic carbocycles. The summed E-state index contributed by atoms with van der Waals surface area (Å²) in [6, 6.07) is 0. The van der Waals surface area contributed by atoms with Crippen LogP contribution in [0, 0.1) is 12.8 Å². The van der Waals surface area contributed by atoms with Crippen molar-refractivity contribution in [1.29, 1.82) is 0 Å². The quantitative estimate of drug-likeness (QED) is 0.586. The van der Waals surface area contributed by atoms with Crippen molar-refractivity contribution in [2.24, 2.45) is 5.92 Å². The van der Waals surface area contributed by atoms with Crippen molar-refractivity contribution in [2.75, 3.05) is 11.5 Å². The van der Waals surface area contributed by atoms with Gasteiger partial charge in [-0.3, -0.25) is 5.10 Å². The predicted molar refractivity (Wildman–Crippen MR) is 59.5 cm³/mol. The lowest BCUT2D eigenvalue weighted by Gasteiger charge is -2.08. The number of hydrogen-bond acceptors (Lipinski definition) is 4. The molecule has 0 aliphatic rings. The molecule has 74 valence electrons. The van der Waals surface area contributed by atoms with Crippen molar-refractivity contribution in [2.45, 2.75) is 25.4 Å². The Bertz CT molecular complexity index is 245. The van der Waals surface area contributed by atoms with Crippen LogP contribution in [0.15, 0.2) is 5.16 Å². The minimum Gasteiger partial charge on any atom is -0.262 e. The van der Waals surface area contributed by atoms with Crippen molar-refractivity contribution in [3.05, 3.63) is 5.82 Å². The van der Waals surface area contributed by atoms with Crippen molar-refractivity contribution >= 4 is 24.4 Å². The first-order valence-corrected chi connectivity index (χ1v) is 6.00. The Balaban J connectivity index is 2.33. The van der Waals surface area contributed by atoms with E-state index in [2.05, 4.69) is 34.7 Å². The zero-order valence-electron chi connectivity index (χ0n) is 7.95. The summed E-state index contributed by atoms with van der Waals surface area (Å²) >= 11 is 5.98. The third-order valence-electron chi connectivity index (χ3n) is 1.86. The number of rotatable bonds is 5. The van der Waals surface area contributed by atoms with Gasteiger partial charge in [-0.1, -0.05) is 25.1 Å². The van der Waals surface area contributed by atoms with Gasteiger partial charge in [0.05, 0.1) is 0 Å². The average Bonchev–Trinajstić information content (AvgIpc) is 2.53. The molecule has 13 heavy (non-hydrogen) atoms. The van der Waals surface area contributed by atoms with E-state index >= 15 is 0 Å². The van der Waals surface area contributed by atoms with Gasteiger partial charge in [0.25, 0.3) is 0 Å². The molecule has 0 aliphatic carbocycles. The monoisotopic (exact) mass is 217 g/mol. The Morgan fingerprint density at radius 2 is 2.38 bits per heavy atom. The van der Waals surface area contributed by atoms with Crippen molar-refractivity contribution < 1.29 is 0 Å². The third kappa shape index (κ3) is 3.60. The molecule has 0 fully saturated rings. The highest BCUT2D eigenvalue weighted by Gasteiger charge is 2.06. The molecule has 0 amide bonds. The SMILES string of the molecule is CCC(CS)CSc1n[nH]c(C)n1. The summed E-state index contributed by atoms with van der Waals surface area (Å²) in [6.07, 6.45) is 1.17. The number of H-pyrrole nitrogens is 1. The Morgan fingerprint density at radius 1 is 1.62 bits per heavy atom. The number of nitrogens with one attached hydrogen (secondary N) is 1. The number of hydrogen-bond donors (Lipinski definition) is 2.